The summed E-state index contributed by atoms with van der Waals surface area (Å²) in [4.78, 5) is 11.2. The molecule has 0 aromatic rings. The fraction of sp³-hybridized carbons (Fsp3) is 0.640. The SMILES string of the molecule is C=C1CCC[C@H]2[C@](C)(CCC(C)=CC=CC3=CC(=O)OC3O)[C@@H](C)CC[C@]12C. The molecule has 0 amide bonds. The highest BCUT2D eigenvalue weighted by atomic mass is 16.6. The van der Waals surface area contributed by atoms with E-state index in [4.69, 9.17) is 4.74 Å². The Balaban J connectivity index is 1.67. The number of cyclic esters (lactones) is 1. The fourth-order valence-corrected chi connectivity index (χ4v) is 5.81. The predicted octanol–water partition coefficient (Wildman–Crippen LogP) is 5.87. The average molecular weight is 385 g/mol. The van der Waals surface area contributed by atoms with Crippen LogP contribution in [-0.2, 0) is 9.53 Å². The van der Waals surface area contributed by atoms with E-state index < -0.39 is 12.3 Å². The summed E-state index contributed by atoms with van der Waals surface area (Å²) in [5.74, 6) is 0.987. The number of carbonyl (C=O) groups excluding carboxylic acids is 1. The standard InChI is InChI=1S/C25H36O3/c1-17(8-6-10-20-16-22(26)28-23(20)27)12-14-24(4)19(3)13-15-25(5)18(2)9-7-11-21(24)25/h6,8,10,16,19,21,23,27H,2,7,9,11-15H2,1,3-5H3/t19-,21-,23?,24+,25+/m0/s1. The average Bonchev–Trinajstić information content (AvgIpc) is 2.96. The number of carbonyl (C=O) groups is 1. The van der Waals surface area contributed by atoms with Gasteiger partial charge in [-0.3, -0.25) is 0 Å². The van der Waals surface area contributed by atoms with Crippen molar-refractivity contribution in [3.8, 4) is 0 Å². The lowest BCUT2D eigenvalue weighted by molar-refractivity contribution is -0.150. The molecular weight excluding hydrogens is 348 g/mol. The molecule has 2 aliphatic carbocycles. The van der Waals surface area contributed by atoms with Crippen molar-refractivity contribution >= 4 is 5.97 Å². The van der Waals surface area contributed by atoms with Crippen molar-refractivity contribution < 1.29 is 14.6 Å². The molecule has 28 heavy (non-hydrogen) atoms. The Labute approximate surface area is 170 Å². The van der Waals surface area contributed by atoms with E-state index in [2.05, 4.69) is 40.3 Å². The molecule has 2 fully saturated rings. The fourth-order valence-electron chi connectivity index (χ4n) is 5.81. The van der Waals surface area contributed by atoms with E-state index >= 15 is 0 Å². The molecule has 0 bridgehead atoms. The Kier molecular flexibility index (Phi) is 6.05. The molecule has 1 heterocycles. The largest absolute Gasteiger partial charge is 0.428 e. The molecule has 2 saturated carbocycles. The highest BCUT2D eigenvalue weighted by Crippen LogP contribution is 2.62. The van der Waals surface area contributed by atoms with Crippen LogP contribution in [0.1, 0.15) is 72.6 Å². The summed E-state index contributed by atoms with van der Waals surface area (Å²) < 4.78 is 4.70. The van der Waals surface area contributed by atoms with Crippen LogP contribution in [0.25, 0.3) is 0 Å². The zero-order valence-corrected chi connectivity index (χ0v) is 18.0. The van der Waals surface area contributed by atoms with Gasteiger partial charge in [0.2, 0.25) is 6.29 Å². The zero-order chi connectivity index (χ0) is 20.5. The first-order valence-corrected chi connectivity index (χ1v) is 10.8. The maximum atomic E-state index is 11.2. The van der Waals surface area contributed by atoms with Crippen molar-refractivity contribution in [3.05, 3.63) is 47.6 Å². The van der Waals surface area contributed by atoms with Gasteiger partial charge in [-0.25, -0.2) is 4.79 Å². The quantitative estimate of drug-likeness (QED) is 0.366. The van der Waals surface area contributed by atoms with Gasteiger partial charge in [-0.15, -0.1) is 0 Å². The highest BCUT2D eigenvalue weighted by Gasteiger charge is 2.53. The van der Waals surface area contributed by atoms with Crippen LogP contribution >= 0.6 is 0 Å². The summed E-state index contributed by atoms with van der Waals surface area (Å²) >= 11 is 0. The maximum absolute atomic E-state index is 11.2. The number of hydrogen-bond acceptors (Lipinski definition) is 3. The first-order chi connectivity index (χ1) is 13.2. The lowest BCUT2D eigenvalue weighted by Crippen LogP contribution is -2.50. The third kappa shape index (κ3) is 3.91. The monoisotopic (exact) mass is 384 g/mol. The molecule has 5 atom stereocenters. The second-order valence-corrected chi connectivity index (χ2v) is 9.72. The Hall–Kier alpha value is -1.61. The molecule has 0 aromatic carbocycles. The topological polar surface area (TPSA) is 46.5 Å². The number of aliphatic hydroxyl groups excluding tert-OH is 1. The maximum Gasteiger partial charge on any atom is 0.333 e. The van der Waals surface area contributed by atoms with Crippen LogP contribution in [0, 0.1) is 22.7 Å². The van der Waals surface area contributed by atoms with Crippen LogP contribution < -0.4 is 0 Å². The highest BCUT2D eigenvalue weighted by molar-refractivity contribution is 5.86. The lowest BCUT2D eigenvalue weighted by atomic mass is 9.46. The second-order valence-electron chi connectivity index (χ2n) is 9.72. The number of fused-ring (bicyclic) bond motifs is 1. The van der Waals surface area contributed by atoms with Gasteiger partial charge in [0, 0.05) is 11.6 Å². The smallest absolute Gasteiger partial charge is 0.333 e. The van der Waals surface area contributed by atoms with Gasteiger partial charge in [0.25, 0.3) is 0 Å². The minimum atomic E-state index is -1.13. The lowest BCUT2D eigenvalue weighted by Gasteiger charge is -2.59. The summed E-state index contributed by atoms with van der Waals surface area (Å²) in [6, 6.07) is 0. The Morgan fingerprint density at radius 2 is 2.14 bits per heavy atom. The summed E-state index contributed by atoms with van der Waals surface area (Å²) in [5, 5.41) is 9.63. The Bertz CT molecular complexity index is 728. The van der Waals surface area contributed by atoms with Gasteiger partial charge < -0.3 is 9.84 Å². The number of rotatable bonds is 5. The molecule has 0 radical (unpaired) electrons. The van der Waals surface area contributed by atoms with Gasteiger partial charge in [-0.2, -0.15) is 0 Å². The van der Waals surface area contributed by atoms with Gasteiger partial charge in [-0.1, -0.05) is 56.7 Å². The van der Waals surface area contributed by atoms with E-state index in [9.17, 15) is 9.90 Å². The van der Waals surface area contributed by atoms with Crippen LogP contribution in [0.3, 0.4) is 0 Å². The minimum Gasteiger partial charge on any atom is -0.428 e. The molecule has 1 unspecified atom stereocenters. The van der Waals surface area contributed by atoms with Gasteiger partial charge in [0.05, 0.1) is 0 Å². The second kappa shape index (κ2) is 8.02. The molecule has 154 valence electrons. The van der Waals surface area contributed by atoms with Crippen molar-refractivity contribution in [2.45, 2.75) is 78.9 Å². The number of allylic oxidation sites excluding steroid dienone is 4. The third-order valence-electron chi connectivity index (χ3n) is 8.09. The number of ether oxygens (including phenoxy) is 1. The molecule has 3 heteroatoms. The normalized spacial score (nSPS) is 39.1. The van der Waals surface area contributed by atoms with E-state index in [1.165, 1.54) is 55.7 Å². The van der Waals surface area contributed by atoms with Crippen LogP contribution in [0.5, 0.6) is 0 Å². The van der Waals surface area contributed by atoms with Crippen molar-refractivity contribution in [2.24, 2.45) is 22.7 Å². The third-order valence-corrected chi connectivity index (χ3v) is 8.09. The molecule has 3 nitrogen and oxygen atoms in total. The molecule has 3 aliphatic rings. The van der Waals surface area contributed by atoms with Crippen LogP contribution in [-0.4, -0.2) is 17.4 Å². The van der Waals surface area contributed by atoms with Crippen LogP contribution in [0.4, 0.5) is 0 Å². The predicted molar refractivity (Wildman–Crippen MR) is 113 cm³/mol. The minimum absolute atomic E-state index is 0.314. The van der Waals surface area contributed by atoms with E-state index in [0.29, 0.717) is 16.4 Å². The summed E-state index contributed by atoms with van der Waals surface area (Å²) in [5.41, 5.74) is 3.98. The summed E-state index contributed by atoms with van der Waals surface area (Å²) in [6.45, 7) is 14.1. The van der Waals surface area contributed by atoms with E-state index in [1.807, 2.05) is 6.08 Å². The number of esters is 1. The number of hydrogen-bond donors (Lipinski definition) is 1. The van der Waals surface area contributed by atoms with Crippen molar-refractivity contribution in [2.75, 3.05) is 0 Å². The molecule has 0 saturated heterocycles. The van der Waals surface area contributed by atoms with Gasteiger partial charge >= 0.3 is 5.97 Å². The van der Waals surface area contributed by atoms with Gasteiger partial charge in [0.15, 0.2) is 0 Å². The van der Waals surface area contributed by atoms with Crippen molar-refractivity contribution in [1.82, 2.24) is 0 Å². The van der Waals surface area contributed by atoms with Crippen LogP contribution in [0.2, 0.25) is 0 Å². The molecule has 0 spiro atoms. The molecule has 3 rings (SSSR count). The van der Waals surface area contributed by atoms with Gasteiger partial charge in [0.1, 0.15) is 0 Å². The Morgan fingerprint density at radius 1 is 1.39 bits per heavy atom. The molecular formula is C25H36O3. The first-order valence-electron chi connectivity index (χ1n) is 10.8. The van der Waals surface area contributed by atoms with Crippen LogP contribution in [0.15, 0.2) is 47.6 Å². The Morgan fingerprint density at radius 3 is 2.82 bits per heavy atom. The summed E-state index contributed by atoms with van der Waals surface area (Å²) in [7, 11) is 0. The molecule has 1 N–H and O–H groups in total. The summed E-state index contributed by atoms with van der Waals surface area (Å²) in [6.07, 6.45) is 14.7. The molecule has 0 aromatic heterocycles. The first kappa shape index (κ1) is 21.1. The van der Waals surface area contributed by atoms with Crippen molar-refractivity contribution in [3.63, 3.8) is 0 Å². The van der Waals surface area contributed by atoms with E-state index in [0.717, 1.165) is 18.3 Å². The van der Waals surface area contributed by atoms with Gasteiger partial charge in [-0.05, 0) is 74.5 Å². The molecule has 1 aliphatic heterocycles. The van der Waals surface area contributed by atoms with E-state index in [1.54, 1.807) is 6.08 Å². The zero-order valence-electron chi connectivity index (χ0n) is 18.0. The van der Waals surface area contributed by atoms with Crippen molar-refractivity contribution in [1.29, 1.82) is 0 Å². The number of aliphatic hydroxyl groups is 1. The van der Waals surface area contributed by atoms with E-state index in [-0.39, 0.29) is 0 Å².